The quantitative estimate of drug-likeness (QED) is 0.758. The molecule has 1 aromatic rings. The van der Waals surface area contributed by atoms with Gasteiger partial charge in [-0.05, 0) is 19.8 Å². The van der Waals surface area contributed by atoms with Crippen molar-refractivity contribution in [3.8, 4) is 0 Å². The van der Waals surface area contributed by atoms with Crippen LogP contribution in [0.15, 0.2) is 4.79 Å². The molecule has 13 heavy (non-hydrogen) atoms. The number of nitrogens with zero attached hydrogens (tertiary/aromatic N) is 1. The van der Waals surface area contributed by atoms with E-state index in [4.69, 9.17) is 0 Å². The summed E-state index contributed by atoms with van der Waals surface area (Å²) in [6.07, 6.45) is 3.13. The minimum absolute atomic E-state index is 0.0666. The smallest absolute Gasteiger partial charge is 0.267 e. The Morgan fingerprint density at radius 3 is 2.54 bits per heavy atom. The molecular formula is C10H18N2O. The maximum absolute atomic E-state index is 11.3. The lowest BCUT2D eigenvalue weighted by Crippen LogP contribution is -2.07. The molecule has 0 saturated carbocycles. The maximum Gasteiger partial charge on any atom is 0.267 e. The molecule has 1 rings (SSSR count). The van der Waals surface area contributed by atoms with Gasteiger partial charge >= 0.3 is 0 Å². The van der Waals surface area contributed by atoms with Crippen molar-refractivity contribution in [1.29, 1.82) is 0 Å². The Bertz CT molecular complexity index is 322. The van der Waals surface area contributed by atoms with Gasteiger partial charge in [-0.1, -0.05) is 20.3 Å². The van der Waals surface area contributed by atoms with Crippen LogP contribution in [0.1, 0.15) is 37.9 Å². The summed E-state index contributed by atoms with van der Waals surface area (Å²) in [5.41, 5.74) is 2.13. The van der Waals surface area contributed by atoms with Gasteiger partial charge in [-0.15, -0.1) is 0 Å². The van der Waals surface area contributed by atoms with Crippen LogP contribution in [-0.4, -0.2) is 9.78 Å². The second-order valence-electron chi connectivity index (χ2n) is 3.41. The van der Waals surface area contributed by atoms with E-state index in [2.05, 4.69) is 18.9 Å². The zero-order valence-electron chi connectivity index (χ0n) is 8.68. The average molecular weight is 182 g/mol. The van der Waals surface area contributed by atoms with E-state index in [1.54, 1.807) is 0 Å². The summed E-state index contributed by atoms with van der Waals surface area (Å²) >= 11 is 0. The molecule has 3 heteroatoms. The molecule has 1 N–H and O–H groups in total. The van der Waals surface area contributed by atoms with Crippen LogP contribution < -0.4 is 5.56 Å². The normalized spacial score (nSPS) is 10.7. The van der Waals surface area contributed by atoms with Crippen LogP contribution in [0, 0.1) is 6.92 Å². The second kappa shape index (κ2) is 4.30. The van der Waals surface area contributed by atoms with Crippen LogP contribution in [-0.2, 0) is 13.0 Å². The molecule has 0 radical (unpaired) electrons. The highest BCUT2D eigenvalue weighted by Gasteiger charge is 2.08. The topological polar surface area (TPSA) is 37.8 Å². The van der Waals surface area contributed by atoms with E-state index < -0.39 is 0 Å². The van der Waals surface area contributed by atoms with Gasteiger partial charge in [0.1, 0.15) is 0 Å². The molecule has 0 unspecified atom stereocenters. The van der Waals surface area contributed by atoms with Crippen molar-refractivity contribution in [3.63, 3.8) is 0 Å². The molecule has 0 aromatic carbocycles. The molecule has 0 atom stereocenters. The van der Waals surface area contributed by atoms with Crippen LogP contribution in [0.5, 0.6) is 0 Å². The number of H-pyrrole nitrogens is 1. The monoisotopic (exact) mass is 182 g/mol. The maximum atomic E-state index is 11.3. The van der Waals surface area contributed by atoms with Crippen molar-refractivity contribution in [2.24, 2.45) is 0 Å². The Balaban J connectivity index is 3.03. The number of aryl methyl sites for hydroxylation is 1. The highest BCUT2D eigenvalue weighted by molar-refractivity contribution is 5.15. The van der Waals surface area contributed by atoms with Gasteiger partial charge in [0.25, 0.3) is 5.56 Å². The largest absolute Gasteiger partial charge is 0.289 e. The van der Waals surface area contributed by atoms with Crippen LogP contribution in [0.4, 0.5) is 0 Å². The fourth-order valence-electron chi connectivity index (χ4n) is 1.58. The van der Waals surface area contributed by atoms with Crippen LogP contribution in [0.3, 0.4) is 0 Å². The molecule has 0 amide bonds. The third-order valence-corrected chi connectivity index (χ3v) is 2.27. The van der Waals surface area contributed by atoms with Crippen molar-refractivity contribution in [2.45, 2.75) is 46.6 Å². The summed E-state index contributed by atoms with van der Waals surface area (Å²) in [6, 6.07) is 0. The minimum Gasteiger partial charge on any atom is -0.289 e. The molecule has 1 heterocycles. The van der Waals surface area contributed by atoms with Crippen LogP contribution >= 0.6 is 0 Å². The first-order chi connectivity index (χ1) is 6.20. The van der Waals surface area contributed by atoms with Gasteiger partial charge in [0.15, 0.2) is 0 Å². The summed E-state index contributed by atoms with van der Waals surface area (Å²) in [6.45, 7) is 7.06. The van der Waals surface area contributed by atoms with Crippen molar-refractivity contribution >= 4 is 0 Å². The molecule has 3 nitrogen and oxygen atoms in total. The second-order valence-corrected chi connectivity index (χ2v) is 3.41. The van der Waals surface area contributed by atoms with Gasteiger partial charge in [-0.3, -0.25) is 14.6 Å². The summed E-state index contributed by atoms with van der Waals surface area (Å²) in [4.78, 5) is 11.3. The van der Waals surface area contributed by atoms with E-state index in [-0.39, 0.29) is 5.56 Å². The summed E-state index contributed by atoms with van der Waals surface area (Å²) < 4.78 is 1.99. The van der Waals surface area contributed by atoms with Gasteiger partial charge < -0.3 is 0 Å². The van der Waals surface area contributed by atoms with E-state index in [0.29, 0.717) is 0 Å². The fraction of sp³-hybridized carbons (Fsp3) is 0.700. The highest BCUT2D eigenvalue weighted by atomic mass is 16.1. The first-order valence-electron chi connectivity index (χ1n) is 4.99. The van der Waals surface area contributed by atoms with E-state index in [1.807, 2.05) is 11.6 Å². The third-order valence-electron chi connectivity index (χ3n) is 2.27. The molecule has 0 fully saturated rings. The molecule has 0 aliphatic rings. The zero-order valence-corrected chi connectivity index (χ0v) is 8.68. The van der Waals surface area contributed by atoms with Gasteiger partial charge in [0.2, 0.25) is 0 Å². The molecule has 0 aliphatic heterocycles. The molecule has 74 valence electrons. The Kier molecular flexibility index (Phi) is 3.34. The van der Waals surface area contributed by atoms with Gasteiger partial charge in [0, 0.05) is 17.8 Å². The summed E-state index contributed by atoms with van der Waals surface area (Å²) in [5, 5.41) is 2.86. The number of aromatic amines is 1. The molecule has 0 bridgehead atoms. The van der Waals surface area contributed by atoms with Crippen LogP contribution in [0.2, 0.25) is 0 Å². The van der Waals surface area contributed by atoms with Crippen molar-refractivity contribution < 1.29 is 0 Å². The van der Waals surface area contributed by atoms with Gasteiger partial charge in [-0.2, -0.15) is 0 Å². The van der Waals surface area contributed by atoms with E-state index in [0.717, 1.165) is 31.4 Å². The highest BCUT2D eigenvalue weighted by Crippen LogP contribution is 2.06. The molecule has 0 spiro atoms. The first kappa shape index (κ1) is 10.1. The molecule has 1 aromatic heterocycles. The number of hydrogen-bond acceptors (Lipinski definition) is 1. The lowest BCUT2D eigenvalue weighted by Gasteiger charge is -2.05. The zero-order chi connectivity index (χ0) is 9.84. The van der Waals surface area contributed by atoms with Crippen molar-refractivity contribution in [1.82, 2.24) is 9.78 Å². The molecule has 0 saturated heterocycles. The number of nitrogens with one attached hydrogen (secondary N) is 1. The molecular weight excluding hydrogens is 164 g/mol. The van der Waals surface area contributed by atoms with E-state index in [1.165, 1.54) is 5.69 Å². The Morgan fingerprint density at radius 2 is 2.00 bits per heavy atom. The Morgan fingerprint density at radius 1 is 1.31 bits per heavy atom. The fourth-order valence-corrected chi connectivity index (χ4v) is 1.58. The average Bonchev–Trinajstić information content (AvgIpc) is 2.34. The Hall–Kier alpha value is -0.990. The number of rotatable bonds is 4. The molecule has 0 aliphatic carbocycles. The van der Waals surface area contributed by atoms with E-state index >= 15 is 0 Å². The SMILES string of the molecule is CCCc1c(C)c(=O)[nH]n1CCC. The number of hydrogen-bond donors (Lipinski definition) is 1. The number of aromatic nitrogens is 2. The van der Waals surface area contributed by atoms with Crippen molar-refractivity contribution in [3.05, 3.63) is 21.6 Å². The van der Waals surface area contributed by atoms with Crippen molar-refractivity contribution in [2.75, 3.05) is 0 Å². The summed E-state index contributed by atoms with van der Waals surface area (Å²) in [7, 11) is 0. The summed E-state index contributed by atoms with van der Waals surface area (Å²) in [5.74, 6) is 0. The van der Waals surface area contributed by atoms with Crippen LogP contribution in [0.25, 0.3) is 0 Å². The lowest BCUT2D eigenvalue weighted by atomic mass is 10.2. The third kappa shape index (κ3) is 2.02. The van der Waals surface area contributed by atoms with Gasteiger partial charge in [-0.25, -0.2) is 0 Å². The van der Waals surface area contributed by atoms with Gasteiger partial charge in [0.05, 0.1) is 0 Å². The van der Waals surface area contributed by atoms with E-state index in [9.17, 15) is 4.79 Å². The Labute approximate surface area is 78.8 Å². The predicted octanol–water partition coefficient (Wildman–Crippen LogP) is 1.85. The first-order valence-corrected chi connectivity index (χ1v) is 4.99. The predicted molar refractivity (Wildman–Crippen MR) is 54.1 cm³/mol. The minimum atomic E-state index is 0.0666. The lowest BCUT2D eigenvalue weighted by molar-refractivity contribution is 0.566. The standard InChI is InChI=1S/C10H18N2O/c1-4-6-9-8(3)10(13)11-12(9)7-5-2/h4-7H2,1-3H3,(H,11,13).